The van der Waals surface area contributed by atoms with Gasteiger partial charge in [0.25, 0.3) is 0 Å². The first-order valence-electron chi connectivity index (χ1n) is 6.30. The summed E-state index contributed by atoms with van der Waals surface area (Å²) in [6.07, 6.45) is 4.99. The molecule has 0 bridgehead atoms. The lowest BCUT2D eigenvalue weighted by Gasteiger charge is -2.30. The first-order chi connectivity index (χ1) is 7.92. The Labute approximate surface area is 98.2 Å². The number of ether oxygens (including phenoxy) is 1. The van der Waals surface area contributed by atoms with Crippen LogP contribution in [0.15, 0.2) is 18.2 Å². The Hall–Kier alpha value is -1.18. The lowest BCUT2D eigenvalue weighted by molar-refractivity contribution is 0.316. The van der Waals surface area contributed by atoms with Crippen molar-refractivity contribution >= 4 is 5.69 Å². The van der Waals surface area contributed by atoms with Gasteiger partial charge in [0, 0.05) is 19.2 Å². The predicted molar refractivity (Wildman–Crippen MR) is 67.1 cm³/mol. The summed E-state index contributed by atoms with van der Waals surface area (Å²) in [7, 11) is 0. The Bertz CT molecular complexity index is 318. The number of rotatable bonds is 4. The van der Waals surface area contributed by atoms with Crippen LogP contribution in [0, 0.1) is 6.07 Å². The largest absolute Gasteiger partial charge is 0.491 e. The molecule has 0 spiro atoms. The summed E-state index contributed by atoms with van der Waals surface area (Å²) >= 11 is 0. The van der Waals surface area contributed by atoms with E-state index in [0.29, 0.717) is 0 Å². The number of benzene rings is 1. The average Bonchev–Trinajstić information content (AvgIpc) is 2.38. The zero-order valence-electron chi connectivity index (χ0n) is 10.0. The summed E-state index contributed by atoms with van der Waals surface area (Å²) < 4.78 is 5.74. The molecule has 1 fully saturated rings. The summed E-state index contributed by atoms with van der Waals surface area (Å²) in [5.74, 6) is 0.922. The second kappa shape index (κ2) is 5.78. The summed E-state index contributed by atoms with van der Waals surface area (Å²) in [6.45, 7) is 5.21. The molecule has 16 heavy (non-hydrogen) atoms. The summed E-state index contributed by atoms with van der Waals surface area (Å²) in [6, 6.07) is 9.32. The Balaban J connectivity index is 2.11. The van der Waals surface area contributed by atoms with E-state index < -0.39 is 0 Å². The standard InChI is InChI=1S/C14H20NO/c1-2-12-16-14-9-5-4-8-13(14)15-10-6-3-7-11-15/h4-5,8H,2-3,6-7,10-12H2,1H3. The van der Waals surface area contributed by atoms with Crippen molar-refractivity contribution in [3.8, 4) is 5.75 Å². The molecule has 0 N–H and O–H groups in total. The smallest absolute Gasteiger partial charge is 0.150 e. The first-order valence-corrected chi connectivity index (χ1v) is 6.30. The Morgan fingerprint density at radius 3 is 2.88 bits per heavy atom. The van der Waals surface area contributed by atoms with Crippen molar-refractivity contribution in [1.82, 2.24) is 0 Å². The SMILES string of the molecule is CCCOc1[c]cccc1N1CCCCC1. The third kappa shape index (κ3) is 2.69. The Morgan fingerprint density at radius 1 is 1.31 bits per heavy atom. The van der Waals surface area contributed by atoms with E-state index in [1.54, 1.807) is 0 Å². The van der Waals surface area contributed by atoms with E-state index in [0.717, 1.165) is 31.9 Å². The van der Waals surface area contributed by atoms with Crippen LogP contribution in [0.2, 0.25) is 0 Å². The van der Waals surface area contributed by atoms with Crippen LogP contribution in [0.1, 0.15) is 32.6 Å². The van der Waals surface area contributed by atoms with Gasteiger partial charge in [-0.05, 0) is 31.7 Å². The van der Waals surface area contributed by atoms with Crippen LogP contribution < -0.4 is 9.64 Å². The molecule has 0 aliphatic carbocycles. The first kappa shape index (κ1) is 11.3. The minimum absolute atomic E-state index is 0.779. The van der Waals surface area contributed by atoms with Crippen LogP contribution in [0.4, 0.5) is 5.69 Å². The zero-order chi connectivity index (χ0) is 11.2. The third-order valence-corrected chi connectivity index (χ3v) is 2.94. The van der Waals surface area contributed by atoms with Crippen molar-refractivity contribution in [3.63, 3.8) is 0 Å². The van der Waals surface area contributed by atoms with Crippen molar-refractivity contribution in [2.75, 3.05) is 24.6 Å². The summed E-state index contributed by atoms with van der Waals surface area (Å²) in [4.78, 5) is 2.42. The van der Waals surface area contributed by atoms with Gasteiger partial charge in [0.05, 0.1) is 12.3 Å². The summed E-state index contributed by atoms with van der Waals surface area (Å²) in [5, 5.41) is 0. The number of piperidine rings is 1. The maximum Gasteiger partial charge on any atom is 0.150 e. The quantitative estimate of drug-likeness (QED) is 0.769. The molecular formula is C14H20NO. The fourth-order valence-corrected chi connectivity index (χ4v) is 2.12. The number of anilines is 1. The van der Waals surface area contributed by atoms with E-state index in [1.807, 2.05) is 12.1 Å². The molecule has 1 heterocycles. The topological polar surface area (TPSA) is 12.5 Å². The minimum atomic E-state index is 0.779. The van der Waals surface area contributed by atoms with E-state index in [9.17, 15) is 0 Å². The van der Waals surface area contributed by atoms with Gasteiger partial charge >= 0.3 is 0 Å². The highest BCUT2D eigenvalue weighted by Crippen LogP contribution is 2.29. The van der Waals surface area contributed by atoms with Gasteiger partial charge in [0.1, 0.15) is 0 Å². The van der Waals surface area contributed by atoms with E-state index in [4.69, 9.17) is 4.74 Å². The molecule has 87 valence electrons. The molecule has 0 aromatic heterocycles. The molecule has 1 saturated heterocycles. The van der Waals surface area contributed by atoms with Crippen molar-refractivity contribution in [2.24, 2.45) is 0 Å². The Kier molecular flexibility index (Phi) is 4.09. The van der Waals surface area contributed by atoms with Crippen LogP contribution in [-0.2, 0) is 0 Å². The molecule has 1 aliphatic rings. The highest BCUT2D eigenvalue weighted by atomic mass is 16.5. The van der Waals surface area contributed by atoms with Crippen molar-refractivity contribution in [1.29, 1.82) is 0 Å². The number of hydrogen-bond donors (Lipinski definition) is 0. The van der Waals surface area contributed by atoms with Gasteiger partial charge < -0.3 is 9.64 Å². The predicted octanol–water partition coefficient (Wildman–Crippen LogP) is 3.27. The fourth-order valence-electron chi connectivity index (χ4n) is 2.12. The molecule has 2 nitrogen and oxygen atoms in total. The third-order valence-electron chi connectivity index (χ3n) is 2.94. The molecule has 2 rings (SSSR count). The molecule has 0 unspecified atom stereocenters. The number of para-hydroxylation sites is 1. The van der Waals surface area contributed by atoms with Crippen LogP contribution in [-0.4, -0.2) is 19.7 Å². The lowest BCUT2D eigenvalue weighted by Crippen LogP contribution is -2.29. The van der Waals surface area contributed by atoms with E-state index >= 15 is 0 Å². The van der Waals surface area contributed by atoms with Gasteiger partial charge in [0.15, 0.2) is 5.75 Å². The molecule has 1 aromatic carbocycles. The van der Waals surface area contributed by atoms with Crippen LogP contribution >= 0.6 is 0 Å². The zero-order valence-corrected chi connectivity index (χ0v) is 10.0. The van der Waals surface area contributed by atoms with Crippen molar-refractivity contribution < 1.29 is 4.74 Å². The highest BCUT2D eigenvalue weighted by Gasteiger charge is 2.14. The molecule has 1 aromatic rings. The van der Waals surface area contributed by atoms with Gasteiger partial charge in [-0.2, -0.15) is 0 Å². The molecule has 2 heteroatoms. The van der Waals surface area contributed by atoms with Gasteiger partial charge in [-0.1, -0.05) is 19.1 Å². The monoisotopic (exact) mass is 218 g/mol. The molecule has 1 aliphatic heterocycles. The Morgan fingerprint density at radius 2 is 2.12 bits per heavy atom. The fraction of sp³-hybridized carbons (Fsp3) is 0.571. The molecule has 0 saturated carbocycles. The van der Waals surface area contributed by atoms with E-state index in [1.165, 1.54) is 24.9 Å². The maximum atomic E-state index is 5.74. The minimum Gasteiger partial charge on any atom is -0.491 e. The maximum absolute atomic E-state index is 5.74. The van der Waals surface area contributed by atoms with Gasteiger partial charge in [-0.3, -0.25) is 0 Å². The number of nitrogens with zero attached hydrogens (tertiary/aromatic N) is 1. The molecule has 1 radical (unpaired) electrons. The van der Waals surface area contributed by atoms with Crippen LogP contribution in [0.3, 0.4) is 0 Å². The second-order valence-corrected chi connectivity index (χ2v) is 4.28. The normalized spacial score (nSPS) is 16.2. The molecule has 0 amide bonds. The average molecular weight is 218 g/mol. The molecule has 0 atom stereocenters. The van der Waals surface area contributed by atoms with Crippen molar-refractivity contribution in [3.05, 3.63) is 24.3 Å². The highest BCUT2D eigenvalue weighted by molar-refractivity contribution is 5.58. The van der Waals surface area contributed by atoms with Gasteiger partial charge in [-0.25, -0.2) is 0 Å². The van der Waals surface area contributed by atoms with Crippen LogP contribution in [0.5, 0.6) is 5.75 Å². The van der Waals surface area contributed by atoms with Gasteiger partial charge in [-0.15, -0.1) is 0 Å². The second-order valence-electron chi connectivity index (χ2n) is 4.28. The van der Waals surface area contributed by atoms with Gasteiger partial charge in [0.2, 0.25) is 0 Å². The lowest BCUT2D eigenvalue weighted by atomic mass is 10.1. The van der Waals surface area contributed by atoms with E-state index in [-0.39, 0.29) is 0 Å². The van der Waals surface area contributed by atoms with Crippen LogP contribution in [0.25, 0.3) is 0 Å². The number of hydrogen-bond acceptors (Lipinski definition) is 2. The molecular weight excluding hydrogens is 198 g/mol. The van der Waals surface area contributed by atoms with Crippen molar-refractivity contribution in [2.45, 2.75) is 32.6 Å². The summed E-state index contributed by atoms with van der Waals surface area (Å²) in [5.41, 5.74) is 1.22. The van der Waals surface area contributed by atoms with E-state index in [2.05, 4.69) is 24.0 Å².